The minimum atomic E-state index is -3.55. The molecular formula is C11H23N3O4S. The molecule has 0 radical (unpaired) electrons. The quantitative estimate of drug-likeness (QED) is 0.485. The van der Waals surface area contributed by atoms with E-state index in [1.54, 1.807) is 0 Å². The summed E-state index contributed by atoms with van der Waals surface area (Å²) < 4.78 is 23.2. The number of hydrogen-bond acceptors (Lipinski definition) is 5. The average molecular weight is 293 g/mol. The molecule has 0 aliphatic heterocycles. The first-order valence-corrected chi connectivity index (χ1v) is 8.03. The van der Waals surface area contributed by atoms with Gasteiger partial charge in [0.2, 0.25) is 11.8 Å². The molecule has 0 fully saturated rings. The second kappa shape index (κ2) is 8.87. The molecule has 0 aliphatic rings. The van der Waals surface area contributed by atoms with Crippen LogP contribution in [0.2, 0.25) is 0 Å². The van der Waals surface area contributed by atoms with Crippen LogP contribution >= 0.6 is 0 Å². The Bertz CT molecular complexity index is 393. The van der Waals surface area contributed by atoms with Gasteiger partial charge < -0.3 is 16.4 Å². The van der Waals surface area contributed by atoms with Crippen molar-refractivity contribution >= 4 is 21.7 Å². The number of sulfone groups is 1. The van der Waals surface area contributed by atoms with Crippen molar-refractivity contribution in [2.24, 2.45) is 11.7 Å². The summed E-state index contributed by atoms with van der Waals surface area (Å²) in [5.74, 6) is -1.57. The summed E-state index contributed by atoms with van der Waals surface area (Å²) in [6, 6.07) is 0. The molecule has 0 atom stereocenters. The Kier molecular flexibility index (Phi) is 8.33. The van der Waals surface area contributed by atoms with Crippen molar-refractivity contribution in [1.82, 2.24) is 10.6 Å². The first-order chi connectivity index (χ1) is 8.76. The van der Waals surface area contributed by atoms with Gasteiger partial charge in [-0.25, -0.2) is 8.42 Å². The lowest BCUT2D eigenvalue weighted by atomic mass is 10.2. The predicted octanol–water partition coefficient (Wildman–Crippen LogP) is -1.36. The molecule has 8 heteroatoms. The van der Waals surface area contributed by atoms with Crippen LogP contribution in [0.1, 0.15) is 20.3 Å². The molecule has 112 valence electrons. The standard InChI is InChI=1S/C11H23N3O4S/c1-9(2)7-14-11(16)8-19(17,18)6-3-10(15)13-5-4-12/h9H,3-8,12H2,1-2H3,(H,13,15)(H,14,16). The lowest BCUT2D eigenvalue weighted by Gasteiger charge is -2.08. The summed E-state index contributed by atoms with van der Waals surface area (Å²) in [7, 11) is -3.55. The number of hydrogen-bond donors (Lipinski definition) is 3. The van der Waals surface area contributed by atoms with Gasteiger partial charge in [-0.2, -0.15) is 0 Å². The van der Waals surface area contributed by atoms with Gasteiger partial charge >= 0.3 is 0 Å². The van der Waals surface area contributed by atoms with Crippen LogP contribution in [0.3, 0.4) is 0 Å². The molecule has 7 nitrogen and oxygen atoms in total. The monoisotopic (exact) mass is 293 g/mol. The number of carbonyl (C=O) groups is 2. The SMILES string of the molecule is CC(C)CNC(=O)CS(=O)(=O)CCC(=O)NCCN. The Morgan fingerprint density at radius 3 is 2.32 bits per heavy atom. The van der Waals surface area contributed by atoms with E-state index in [0.29, 0.717) is 19.6 Å². The van der Waals surface area contributed by atoms with E-state index >= 15 is 0 Å². The fraction of sp³-hybridized carbons (Fsp3) is 0.818. The van der Waals surface area contributed by atoms with Crippen LogP contribution < -0.4 is 16.4 Å². The molecule has 0 rings (SSSR count). The van der Waals surface area contributed by atoms with E-state index in [9.17, 15) is 18.0 Å². The Labute approximate surface area is 114 Å². The lowest BCUT2D eigenvalue weighted by molar-refractivity contribution is -0.121. The first kappa shape index (κ1) is 17.8. The summed E-state index contributed by atoms with van der Waals surface area (Å²) >= 11 is 0. The Morgan fingerprint density at radius 1 is 1.16 bits per heavy atom. The molecule has 0 unspecified atom stereocenters. The number of rotatable bonds is 9. The third kappa shape index (κ3) is 10.5. The van der Waals surface area contributed by atoms with Crippen LogP contribution in [-0.4, -0.2) is 51.4 Å². The third-order valence-corrected chi connectivity index (χ3v) is 3.69. The normalized spacial score (nSPS) is 11.4. The summed E-state index contributed by atoms with van der Waals surface area (Å²) in [6.07, 6.45) is -0.153. The van der Waals surface area contributed by atoms with Crippen molar-refractivity contribution in [3.8, 4) is 0 Å². The summed E-state index contributed by atoms with van der Waals surface area (Å²) in [5.41, 5.74) is 5.20. The third-order valence-electron chi connectivity index (χ3n) is 2.17. The van der Waals surface area contributed by atoms with Crippen molar-refractivity contribution in [3.63, 3.8) is 0 Å². The molecular weight excluding hydrogens is 270 g/mol. The van der Waals surface area contributed by atoms with Gasteiger partial charge in [-0.15, -0.1) is 0 Å². The maximum atomic E-state index is 11.6. The van der Waals surface area contributed by atoms with Crippen molar-refractivity contribution in [1.29, 1.82) is 0 Å². The molecule has 0 aromatic heterocycles. The van der Waals surface area contributed by atoms with Gasteiger partial charge in [0, 0.05) is 26.1 Å². The molecule has 0 heterocycles. The van der Waals surface area contributed by atoms with Crippen LogP contribution in [0, 0.1) is 5.92 Å². The van der Waals surface area contributed by atoms with E-state index in [4.69, 9.17) is 5.73 Å². The summed E-state index contributed by atoms with van der Waals surface area (Å²) in [6.45, 7) is 4.88. The predicted molar refractivity (Wildman–Crippen MR) is 73.2 cm³/mol. The Morgan fingerprint density at radius 2 is 1.79 bits per heavy atom. The molecule has 0 saturated heterocycles. The minimum absolute atomic E-state index is 0.153. The van der Waals surface area contributed by atoms with E-state index in [1.165, 1.54) is 0 Å². The number of carbonyl (C=O) groups excluding carboxylic acids is 2. The van der Waals surface area contributed by atoms with Crippen molar-refractivity contribution < 1.29 is 18.0 Å². The molecule has 0 aromatic rings. The molecule has 0 aliphatic carbocycles. The topological polar surface area (TPSA) is 118 Å². The van der Waals surface area contributed by atoms with E-state index in [0.717, 1.165) is 0 Å². The van der Waals surface area contributed by atoms with Crippen molar-refractivity contribution in [2.75, 3.05) is 31.1 Å². The van der Waals surface area contributed by atoms with Gasteiger partial charge in [0.1, 0.15) is 5.75 Å². The van der Waals surface area contributed by atoms with Gasteiger partial charge in [-0.1, -0.05) is 13.8 Å². The number of nitrogens with two attached hydrogens (primary N) is 1. The first-order valence-electron chi connectivity index (χ1n) is 6.20. The highest BCUT2D eigenvalue weighted by Gasteiger charge is 2.18. The molecule has 0 aromatic carbocycles. The van der Waals surface area contributed by atoms with Crippen LogP contribution in [-0.2, 0) is 19.4 Å². The van der Waals surface area contributed by atoms with Crippen molar-refractivity contribution in [3.05, 3.63) is 0 Å². The fourth-order valence-electron chi connectivity index (χ4n) is 1.19. The second-order valence-corrected chi connectivity index (χ2v) is 6.86. The minimum Gasteiger partial charge on any atom is -0.355 e. The zero-order valence-corrected chi connectivity index (χ0v) is 12.3. The van der Waals surface area contributed by atoms with E-state index in [1.807, 2.05) is 13.8 Å². The zero-order chi connectivity index (χ0) is 14.9. The molecule has 19 heavy (non-hydrogen) atoms. The van der Waals surface area contributed by atoms with Crippen molar-refractivity contribution in [2.45, 2.75) is 20.3 Å². The van der Waals surface area contributed by atoms with Gasteiger partial charge in [-0.05, 0) is 5.92 Å². The summed E-state index contributed by atoms with van der Waals surface area (Å²) in [4.78, 5) is 22.6. The molecule has 0 bridgehead atoms. The molecule has 2 amide bonds. The zero-order valence-electron chi connectivity index (χ0n) is 11.4. The maximum Gasteiger partial charge on any atom is 0.235 e. The molecule has 0 saturated carbocycles. The van der Waals surface area contributed by atoms with Crippen LogP contribution in [0.15, 0.2) is 0 Å². The Hall–Kier alpha value is -1.15. The average Bonchev–Trinajstić information content (AvgIpc) is 2.31. The van der Waals surface area contributed by atoms with Gasteiger partial charge in [0.15, 0.2) is 9.84 Å². The van der Waals surface area contributed by atoms with Gasteiger partial charge in [-0.3, -0.25) is 9.59 Å². The fourth-order valence-corrected chi connectivity index (χ4v) is 2.33. The van der Waals surface area contributed by atoms with Crippen LogP contribution in [0.25, 0.3) is 0 Å². The molecule has 4 N–H and O–H groups in total. The summed E-state index contributed by atoms with van der Waals surface area (Å²) in [5, 5.41) is 4.99. The van der Waals surface area contributed by atoms with Crippen LogP contribution in [0.4, 0.5) is 0 Å². The highest BCUT2D eigenvalue weighted by molar-refractivity contribution is 7.92. The maximum absolute atomic E-state index is 11.6. The van der Waals surface area contributed by atoms with Gasteiger partial charge in [0.25, 0.3) is 0 Å². The molecule has 0 spiro atoms. The van der Waals surface area contributed by atoms with E-state index in [2.05, 4.69) is 10.6 Å². The lowest BCUT2D eigenvalue weighted by Crippen LogP contribution is -2.35. The largest absolute Gasteiger partial charge is 0.355 e. The van der Waals surface area contributed by atoms with Crippen LogP contribution in [0.5, 0.6) is 0 Å². The van der Waals surface area contributed by atoms with Gasteiger partial charge in [0.05, 0.1) is 5.75 Å². The number of nitrogens with one attached hydrogen (secondary N) is 2. The number of amides is 2. The second-order valence-electron chi connectivity index (χ2n) is 4.68. The highest BCUT2D eigenvalue weighted by Crippen LogP contribution is 1.95. The van der Waals surface area contributed by atoms with E-state index < -0.39 is 21.5 Å². The Balaban J connectivity index is 4.04. The smallest absolute Gasteiger partial charge is 0.235 e. The highest BCUT2D eigenvalue weighted by atomic mass is 32.2. The van der Waals surface area contributed by atoms with E-state index in [-0.39, 0.29) is 24.0 Å².